The second-order valence-corrected chi connectivity index (χ2v) is 4.46. The number of hydrogen-bond acceptors (Lipinski definition) is 3. The number of hydrogen-bond donors (Lipinski definition) is 1. The Morgan fingerprint density at radius 2 is 1.84 bits per heavy atom. The van der Waals surface area contributed by atoms with Crippen LogP contribution in [0.4, 0.5) is 11.5 Å². The molecule has 2 aromatic rings. The van der Waals surface area contributed by atoms with Gasteiger partial charge in [0.25, 0.3) is 0 Å². The van der Waals surface area contributed by atoms with E-state index in [1.165, 1.54) is 0 Å². The van der Waals surface area contributed by atoms with Gasteiger partial charge in [-0.1, -0.05) is 25.1 Å². The monoisotopic (exact) mass is 255 g/mol. The Kier molecular flexibility index (Phi) is 4.53. The van der Waals surface area contributed by atoms with Crippen molar-refractivity contribution >= 4 is 11.5 Å². The first-order valence-electron chi connectivity index (χ1n) is 6.81. The van der Waals surface area contributed by atoms with Gasteiger partial charge in [0.05, 0.1) is 0 Å². The third kappa shape index (κ3) is 3.12. The van der Waals surface area contributed by atoms with Gasteiger partial charge in [-0.05, 0) is 43.2 Å². The predicted molar refractivity (Wildman–Crippen MR) is 80.6 cm³/mol. The molecule has 0 amide bonds. The molecule has 1 aromatic carbocycles. The van der Waals surface area contributed by atoms with E-state index in [2.05, 4.69) is 43.0 Å². The number of aromatic nitrogens is 1. The van der Waals surface area contributed by atoms with Crippen molar-refractivity contribution in [3.63, 3.8) is 0 Å². The summed E-state index contributed by atoms with van der Waals surface area (Å²) < 4.78 is 0. The first-order valence-corrected chi connectivity index (χ1v) is 6.81. The van der Waals surface area contributed by atoms with E-state index < -0.39 is 0 Å². The van der Waals surface area contributed by atoms with E-state index in [-0.39, 0.29) is 0 Å². The van der Waals surface area contributed by atoms with Gasteiger partial charge in [0.1, 0.15) is 5.82 Å². The number of para-hydroxylation sites is 1. The molecule has 0 bridgehead atoms. The van der Waals surface area contributed by atoms with Crippen LogP contribution in [0.2, 0.25) is 0 Å². The topological polar surface area (TPSA) is 42.1 Å². The summed E-state index contributed by atoms with van der Waals surface area (Å²) in [5.41, 5.74) is 9.16. The number of anilines is 2. The fraction of sp³-hybridized carbons (Fsp3) is 0.312. The fourth-order valence-electron chi connectivity index (χ4n) is 2.16. The van der Waals surface area contributed by atoms with Gasteiger partial charge in [0.2, 0.25) is 0 Å². The molecule has 2 N–H and O–H groups in total. The lowest BCUT2D eigenvalue weighted by Crippen LogP contribution is -2.18. The summed E-state index contributed by atoms with van der Waals surface area (Å²) in [5.74, 6) is 0.980. The van der Waals surface area contributed by atoms with Crippen molar-refractivity contribution in [1.82, 2.24) is 4.98 Å². The minimum Gasteiger partial charge on any atom is -0.327 e. The second kappa shape index (κ2) is 6.34. The Labute approximate surface area is 115 Å². The molecule has 0 saturated heterocycles. The largest absolute Gasteiger partial charge is 0.327 e. The summed E-state index contributed by atoms with van der Waals surface area (Å²) in [4.78, 5) is 6.92. The summed E-state index contributed by atoms with van der Waals surface area (Å²) in [5, 5.41) is 0. The Bertz CT molecular complexity index is 501. The minimum absolute atomic E-state index is 0.550. The van der Waals surface area contributed by atoms with Crippen LogP contribution in [0.3, 0.4) is 0 Å². The lowest BCUT2D eigenvalue weighted by atomic mass is 10.2. The molecule has 0 atom stereocenters. The molecule has 3 heteroatoms. The van der Waals surface area contributed by atoms with Gasteiger partial charge in [0.15, 0.2) is 0 Å². The van der Waals surface area contributed by atoms with Crippen LogP contribution >= 0.6 is 0 Å². The van der Waals surface area contributed by atoms with E-state index in [1.54, 1.807) is 0 Å². The predicted octanol–water partition coefficient (Wildman–Crippen LogP) is 3.26. The lowest BCUT2D eigenvalue weighted by Gasteiger charge is -2.23. The van der Waals surface area contributed by atoms with Crippen molar-refractivity contribution in [3.8, 4) is 0 Å². The average molecular weight is 255 g/mol. The number of nitrogens with two attached hydrogens (primary N) is 1. The molecule has 0 aliphatic heterocycles. The molecule has 19 heavy (non-hydrogen) atoms. The zero-order valence-electron chi connectivity index (χ0n) is 11.6. The highest BCUT2D eigenvalue weighted by atomic mass is 15.2. The number of nitrogens with zero attached hydrogens (tertiary/aromatic N) is 2. The molecule has 100 valence electrons. The molecule has 0 aliphatic carbocycles. The van der Waals surface area contributed by atoms with Gasteiger partial charge in [-0.2, -0.15) is 0 Å². The zero-order valence-corrected chi connectivity index (χ0v) is 11.6. The molecule has 0 saturated carbocycles. The van der Waals surface area contributed by atoms with Gasteiger partial charge < -0.3 is 10.6 Å². The van der Waals surface area contributed by atoms with Crippen LogP contribution in [0.5, 0.6) is 0 Å². The summed E-state index contributed by atoms with van der Waals surface area (Å²) in [6.45, 7) is 5.68. The smallest absolute Gasteiger partial charge is 0.133 e. The summed E-state index contributed by atoms with van der Waals surface area (Å²) in [6.07, 6.45) is 0.924. The van der Waals surface area contributed by atoms with Crippen molar-refractivity contribution in [3.05, 3.63) is 53.7 Å². The highest BCUT2D eigenvalue weighted by Crippen LogP contribution is 2.24. The van der Waals surface area contributed by atoms with Gasteiger partial charge in [-0.25, -0.2) is 4.98 Å². The van der Waals surface area contributed by atoms with Crippen LogP contribution < -0.4 is 10.6 Å². The number of rotatable bonds is 5. The molecule has 0 unspecified atom stereocenters. The molecule has 0 fully saturated rings. The van der Waals surface area contributed by atoms with Crippen molar-refractivity contribution < 1.29 is 0 Å². The molecule has 0 spiro atoms. The van der Waals surface area contributed by atoms with Gasteiger partial charge in [0, 0.05) is 24.5 Å². The van der Waals surface area contributed by atoms with E-state index in [9.17, 15) is 0 Å². The van der Waals surface area contributed by atoms with Crippen molar-refractivity contribution in [2.24, 2.45) is 5.73 Å². The first-order chi connectivity index (χ1) is 9.28. The SMILES string of the molecule is CCc1cc(CN)cc(N(CC)c2ccccc2)n1. The maximum absolute atomic E-state index is 5.78. The van der Waals surface area contributed by atoms with E-state index in [0.29, 0.717) is 6.54 Å². The maximum Gasteiger partial charge on any atom is 0.133 e. The third-order valence-corrected chi connectivity index (χ3v) is 3.18. The molecule has 3 nitrogen and oxygen atoms in total. The van der Waals surface area contributed by atoms with E-state index in [0.717, 1.165) is 35.7 Å². The Balaban J connectivity index is 2.43. The van der Waals surface area contributed by atoms with E-state index in [1.807, 2.05) is 18.2 Å². The van der Waals surface area contributed by atoms with Crippen molar-refractivity contribution in [2.45, 2.75) is 26.8 Å². The van der Waals surface area contributed by atoms with Crippen molar-refractivity contribution in [1.29, 1.82) is 0 Å². The average Bonchev–Trinajstić information content (AvgIpc) is 2.48. The quantitative estimate of drug-likeness (QED) is 0.891. The summed E-state index contributed by atoms with van der Waals surface area (Å²) >= 11 is 0. The number of pyridine rings is 1. The first kappa shape index (κ1) is 13.6. The molecular formula is C16H21N3. The molecule has 2 rings (SSSR count). The Hall–Kier alpha value is -1.87. The van der Waals surface area contributed by atoms with Gasteiger partial charge in [-0.3, -0.25) is 0 Å². The van der Waals surface area contributed by atoms with Crippen molar-refractivity contribution in [2.75, 3.05) is 11.4 Å². The highest BCUT2D eigenvalue weighted by molar-refractivity contribution is 5.60. The Morgan fingerprint density at radius 3 is 2.42 bits per heavy atom. The third-order valence-electron chi connectivity index (χ3n) is 3.18. The van der Waals surface area contributed by atoms with Crippen LogP contribution in [0.15, 0.2) is 42.5 Å². The van der Waals surface area contributed by atoms with Crippen LogP contribution in [-0.2, 0) is 13.0 Å². The molecule has 1 heterocycles. The molecular weight excluding hydrogens is 234 g/mol. The summed E-state index contributed by atoms with van der Waals surface area (Å²) in [7, 11) is 0. The molecule has 0 aliphatic rings. The van der Waals surface area contributed by atoms with E-state index >= 15 is 0 Å². The van der Waals surface area contributed by atoms with Crippen LogP contribution in [0, 0.1) is 0 Å². The maximum atomic E-state index is 5.78. The van der Waals surface area contributed by atoms with Gasteiger partial charge >= 0.3 is 0 Å². The number of aryl methyl sites for hydroxylation is 1. The fourth-order valence-corrected chi connectivity index (χ4v) is 2.16. The highest BCUT2D eigenvalue weighted by Gasteiger charge is 2.10. The molecule has 0 radical (unpaired) electrons. The second-order valence-electron chi connectivity index (χ2n) is 4.46. The Morgan fingerprint density at radius 1 is 1.11 bits per heavy atom. The number of benzene rings is 1. The standard InChI is InChI=1S/C16H21N3/c1-3-14-10-13(12-17)11-16(18-14)19(4-2)15-8-6-5-7-9-15/h5-11H,3-4,12,17H2,1-2H3. The van der Waals surface area contributed by atoms with Crippen LogP contribution in [0.1, 0.15) is 25.1 Å². The van der Waals surface area contributed by atoms with Crippen LogP contribution in [-0.4, -0.2) is 11.5 Å². The van der Waals surface area contributed by atoms with E-state index in [4.69, 9.17) is 10.7 Å². The van der Waals surface area contributed by atoms with Crippen LogP contribution in [0.25, 0.3) is 0 Å². The lowest BCUT2D eigenvalue weighted by molar-refractivity contribution is 0.935. The minimum atomic E-state index is 0.550. The zero-order chi connectivity index (χ0) is 13.7. The summed E-state index contributed by atoms with van der Waals surface area (Å²) in [6, 6.07) is 14.5. The normalized spacial score (nSPS) is 10.5. The van der Waals surface area contributed by atoms with Gasteiger partial charge in [-0.15, -0.1) is 0 Å². The molecule has 1 aromatic heterocycles.